The Bertz CT molecular complexity index is 1090. The first-order valence-electron chi connectivity index (χ1n) is 11.3. The fourth-order valence-electron chi connectivity index (χ4n) is 4.34. The van der Waals surface area contributed by atoms with Crippen LogP contribution < -0.4 is 10.1 Å². The molecule has 33 heavy (non-hydrogen) atoms. The molecule has 0 bridgehead atoms. The van der Waals surface area contributed by atoms with E-state index in [-0.39, 0.29) is 28.2 Å². The number of furan rings is 1. The van der Waals surface area contributed by atoms with Crippen molar-refractivity contribution in [2.45, 2.75) is 50.0 Å². The van der Waals surface area contributed by atoms with E-state index >= 15 is 0 Å². The first-order chi connectivity index (χ1) is 15.9. The van der Waals surface area contributed by atoms with Gasteiger partial charge in [0.05, 0.1) is 23.5 Å². The molecule has 0 radical (unpaired) electrons. The van der Waals surface area contributed by atoms with Crippen LogP contribution in [0.25, 0.3) is 0 Å². The van der Waals surface area contributed by atoms with Crippen LogP contribution in [0.15, 0.2) is 45.9 Å². The maximum Gasteiger partial charge on any atom is 0.290 e. The lowest BCUT2D eigenvalue weighted by Gasteiger charge is -2.26. The number of carbonyl (C=O) groups excluding carboxylic acids is 2. The third-order valence-corrected chi connectivity index (χ3v) is 7.90. The van der Waals surface area contributed by atoms with E-state index < -0.39 is 16.1 Å². The normalized spacial score (nSPS) is 19.4. The summed E-state index contributed by atoms with van der Waals surface area (Å²) in [6.45, 7) is 3.59. The standard InChI is InChI=1S/C23H29N3O6S/c1-2-31-20-11-10-17(33(29,30)25-12-4-3-5-13-25)16-18(20)24-22(27)19-8-6-14-26(19)23(28)21-9-7-15-32-21/h7,9-11,15-16,19H,2-6,8,12-14H2,1H3,(H,24,27)/t19-/m0/s1. The molecule has 4 rings (SSSR count). The van der Waals surface area contributed by atoms with Crippen molar-refractivity contribution >= 4 is 27.5 Å². The number of anilines is 1. The lowest BCUT2D eigenvalue weighted by Crippen LogP contribution is -2.43. The van der Waals surface area contributed by atoms with Gasteiger partial charge in [0.2, 0.25) is 15.9 Å². The van der Waals surface area contributed by atoms with Crippen LogP contribution in [0.4, 0.5) is 5.69 Å². The van der Waals surface area contributed by atoms with Crippen LogP contribution in [0.1, 0.15) is 49.6 Å². The second-order valence-corrected chi connectivity index (χ2v) is 10.1. The summed E-state index contributed by atoms with van der Waals surface area (Å²) < 4.78 is 38.6. The minimum atomic E-state index is -3.68. The number of ether oxygens (including phenoxy) is 1. The maximum absolute atomic E-state index is 13.2. The van der Waals surface area contributed by atoms with Gasteiger partial charge in [-0.05, 0) is 62.9 Å². The molecule has 2 amide bonds. The van der Waals surface area contributed by atoms with Crippen LogP contribution in [0.3, 0.4) is 0 Å². The second-order valence-electron chi connectivity index (χ2n) is 8.18. The van der Waals surface area contributed by atoms with E-state index in [9.17, 15) is 18.0 Å². The van der Waals surface area contributed by atoms with Gasteiger partial charge in [-0.2, -0.15) is 4.31 Å². The summed E-state index contributed by atoms with van der Waals surface area (Å²) in [6, 6.07) is 7.03. The van der Waals surface area contributed by atoms with Crippen molar-refractivity contribution in [3.05, 3.63) is 42.4 Å². The van der Waals surface area contributed by atoms with E-state index in [2.05, 4.69) is 5.32 Å². The molecule has 0 saturated carbocycles. The summed E-state index contributed by atoms with van der Waals surface area (Å²) >= 11 is 0. The van der Waals surface area contributed by atoms with Gasteiger partial charge in [-0.25, -0.2) is 8.42 Å². The first-order valence-corrected chi connectivity index (χ1v) is 12.8. The van der Waals surface area contributed by atoms with Gasteiger partial charge in [0.25, 0.3) is 5.91 Å². The average molecular weight is 476 g/mol. The summed E-state index contributed by atoms with van der Waals surface area (Å²) in [7, 11) is -3.68. The molecule has 3 heterocycles. The molecule has 1 aromatic heterocycles. The molecule has 2 fully saturated rings. The van der Waals surface area contributed by atoms with Crippen LogP contribution in [0.2, 0.25) is 0 Å². The van der Waals surface area contributed by atoms with Crippen LogP contribution >= 0.6 is 0 Å². The Hall–Kier alpha value is -2.85. The quantitative estimate of drug-likeness (QED) is 0.659. The zero-order valence-electron chi connectivity index (χ0n) is 18.7. The molecular weight excluding hydrogens is 446 g/mol. The molecule has 2 aromatic rings. The molecule has 9 nitrogen and oxygen atoms in total. The van der Waals surface area contributed by atoms with Crippen molar-refractivity contribution in [1.82, 2.24) is 9.21 Å². The first kappa shape index (κ1) is 23.3. The lowest BCUT2D eigenvalue weighted by molar-refractivity contribution is -0.119. The van der Waals surface area contributed by atoms with Crippen LogP contribution in [-0.4, -0.2) is 61.7 Å². The fourth-order valence-corrected chi connectivity index (χ4v) is 5.89. The molecule has 2 saturated heterocycles. The number of sulfonamides is 1. The highest BCUT2D eigenvalue weighted by molar-refractivity contribution is 7.89. The summed E-state index contributed by atoms with van der Waals surface area (Å²) in [6.07, 6.45) is 5.30. The van der Waals surface area contributed by atoms with Gasteiger partial charge in [0.1, 0.15) is 11.8 Å². The van der Waals surface area contributed by atoms with E-state index in [0.717, 1.165) is 19.3 Å². The molecule has 0 aliphatic carbocycles. The molecule has 1 N–H and O–H groups in total. The predicted octanol–water partition coefficient (Wildman–Crippen LogP) is 3.10. The van der Waals surface area contributed by atoms with Crippen molar-refractivity contribution in [2.75, 3.05) is 31.6 Å². The number of carbonyl (C=O) groups is 2. The van der Waals surface area contributed by atoms with E-state index in [0.29, 0.717) is 44.8 Å². The number of hydrogen-bond acceptors (Lipinski definition) is 6. The van der Waals surface area contributed by atoms with Crippen LogP contribution in [-0.2, 0) is 14.8 Å². The van der Waals surface area contributed by atoms with Gasteiger partial charge in [-0.15, -0.1) is 0 Å². The molecule has 2 aliphatic heterocycles. The Morgan fingerprint density at radius 1 is 1.12 bits per heavy atom. The van der Waals surface area contributed by atoms with E-state index in [1.54, 1.807) is 18.2 Å². The van der Waals surface area contributed by atoms with Crippen molar-refractivity contribution in [3.63, 3.8) is 0 Å². The van der Waals surface area contributed by atoms with Gasteiger partial charge in [0, 0.05) is 19.6 Å². The number of rotatable bonds is 7. The smallest absolute Gasteiger partial charge is 0.290 e. The van der Waals surface area contributed by atoms with Gasteiger partial charge >= 0.3 is 0 Å². The van der Waals surface area contributed by atoms with Crippen molar-refractivity contribution < 1.29 is 27.2 Å². The number of benzene rings is 1. The minimum Gasteiger partial charge on any atom is -0.492 e. The monoisotopic (exact) mass is 475 g/mol. The zero-order chi connectivity index (χ0) is 23.4. The number of likely N-dealkylation sites (tertiary alicyclic amines) is 1. The third kappa shape index (κ3) is 4.91. The highest BCUT2D eigenvalue weighted by Gasteiger charge is 2.36. The number of amides is 2. The number of nitrogens with one attached hydrogen (secondary N) is 1. The van der Waals surface area contributed by atoms with Crippen LogP contribution in [0, 0.1) is 0 Å². The molecule has 1 aromatic carbocycles. The number of hydrogen-bond donors (Lipinski definition) is 1. The van der Waals surface area contributed by atoms with E-state index in [1.807, 2.05) is 6.92 Å². The topological polar surface area (TPSA) is 109 Å². The van der Waals surface area contributed by atoms with Crippen molar-refractivity contribution in [3.8, 4) is 5.75 Å². The molecule has 2 aliphatic rings. The summed E-state index contributed by atoms with van der Waals surface area (Å²) in [5, 5.41) is 2.81. The number of piperidine rings is 1. The van der Waals surface area contributed by atoms with Gasteiger partial charge < -0.3 is 19.4 Å². The third-order valence-electron chi connectivity index (χ3n) is 6.01. The highest BCUT2D eigenvalue weighted by atomic mass is 32.2. The summed E-state index contributed by atoms with van der Waals surface area (Å²) in [4.78, 5) is 27.5. The zero-order valence-corrected chi connectivity index (χ0v) is 19.5. The maximum atomic E-state index is 13.2. The Labute approximate surface area is 193 Å². The Morgan fingerprint density at radius 3 is 2.61 bits per heavy atom. The molecule has 1 atom stereocenters. The number of nitrogens with zero attached hydrogens (tertiary/aromatic N) is 2. The van der Waals surface area contributed by atoms with E-state index in [1.165, 1.54) is 27.6 Å². The summed E-state index contributed by atoms with van der Waals surface area (Å²) in [5.74, 6) is -0.172. The summed E-state index contributed by atoms with van der Waals surface area (Å²) in [5.41, 5.74) is 0.275. The van der Waals surface area contributed by atoms with Gasteiger partial charge in [-0.3, -0.25) is 9.59 Å². The molecular formula is C23H29N3O6S. The fraction of sp³-hybridized carbons (Fsp3) is 0.478. The second kappa shape index (κ2) is 9.96. The highest BCUT2D eigenvalue weighted by Crippen LogP contribution is 2.31. The molecule has 10 heteroatoms. The molecule has 0 unspecified atom stereocenters. The Kier molecular flexibility index (Phi) is 7.04. The Balaban J connectivity index is 1.57. The molecule has 0 spiro atoms. The van der Waals surface area contributed by atoms with E-state index in [4.69, 9.17) is 9.15 Å². The largest absolute Gasteiger partial charge is 0.492 e. The van der Waals surface area contributed by atoms with Gasteiger partial charge in [0.15, 0.2) is 5.76 Å². The predicted molar refractivity (Wildman–Crippen MR) is 122 cm³/mol. The Morgan fingerprint density at radius 2 is 1.91 bits per heavy atom. The minimum absolute atomic E-state index is 0.109. The lowest BCUT2D eigenvalue weighted by atomic mass is 10.2. The van der Waals surface area contributed by atoms with Crippen LogP contribution in [0.5, 0.6) is 5.75 Å². The molecule has 178 valence electrons. The van der Waals surface area contributed by atoms with Crippen molar-refractivity contribution in [1.29, 1.82) is 0 Å². The SMILES string of the molecule is CCOc1ccc(S(=O)(=O)N2CCCCC2)cc1NC(=O)[C@@H]1CCCN1C(=O)c1ccco1. The van der Waals surface area contributed by atoms with Crippen molar-refractivity contribution in [2.24, 2.45) is 0 Å². The van der Waals surface area contributed by atoms with Gasteiger partial charge in [-0.1, -0.05) is 6.42 Å². The average Bonchev–Trinajstić information content (AvgIpc) is 3.53.